The number of pyridine rings is 1. The molecule has 0 saturated heterocycles. The summed E-state index contributed by atoms with van der Waals surface area (Å²) < 4.78 is 0. The van der Waals surface area contributed by atoms with Crippen molar-refractivity contribution in [2.45, 2.75) is 13.5 Å². The van der Waals surface area contributed by atoms with Crippen molar-refractivity contribution in [3.63, 3.8) is 0 Å². The zero-order valence-corrected chi connectivity index (χ0v) is 12.1. The largest absolute Gasteiger partial charge is 0.378 e. The summed E-state index contributed by atoms with van der Waals surface area (Å²) >= 11 is 0. The maximum atomic E-state index is 12.0. The molecule has 104 valence electrons. The SMILES string of the molecule is Cc1cccc(CNC(=O)c2ccc(N(C)C)cc2)n1. The maximum absolute atomic E-state index is 12.0. The average Bonchev–Trinajstić information content (AvgIpc) is 2.45. The lowest BCUT2D eigenvalue weighted by molar-refractivity contribution is 0.0950. The standard InChI is InChI=1S/C16H19N3O/c1-12-5-4-6-14(18-12)11-17-16(20)13-7-9-15(10-8-13)19(2)3/h4-10H,11H2,1-3H3,(H,17,20). The summed E-state index contributed by atoms with van der Waals surface area (Å²) in [6.07, 6.45) is 0. The lowest BCUT2D eigenvalue weighted by Gasteiger charge is -2.12. The van der Waals surface area contributed by atoms with Gasteiger partial charge in [-0.3, -0.25) is 9.78 Å². The van der Waals surface area contributed by atoms with Crippen molar-refractivity contribution < 1.29 is 4.79 Å². The van der Waals surface area contributed by atoms with Gasteiger partial charge in [0, 0.05) is 31.0 Å². The Morgan fingerprint density at radius 1 is 1.15 bits per heavy atom. The van der Waals surface area contributed by atoms with Gasteiger partial charge in [0.15, 0.2) is 0 Å². The van der Waals surface area contributed by atoms with E-state index in [-0.39, 0.29) is 5.91 Å². The summed E-state index contributed by atoms with van der Waals surface area (Å²) in [6, 6.07) is 13.3. The number of benzene rings is 1. The fourth-order valence-corrected chi connectivity index (χ4v) is 1.88. The van der Waals surface area contributed by atoms with Gasteiger partial charge in [0.05, 0.1) is 12.2 Å². The van der Waals surface area contributed by atoms with Crippen LogP contribution in [0.3, 0.4) is 0 Å². The molecule has 0 unspecified atom stereocenters. The van der Waals surface area contributed by atoms with Crippen molar-refractivity contribution in [2.24, 2.45) is 0 Å². The van der Waals surface area contributed by atoms with Gasteiger partial charge < -0.3 is 10.2 Å². The van der Waals surface area contributed by atoms with E-state index >= 15 is 0 Å². The minimum atomic E-state index is -0.0846. The van der Waals surface area contributed by atoms with Crippen LogP contribution in [0.2, 0.25) is 0 Å². The summed E-state index contributed by atoms with van der Waals surface area (Å²) in [5.41, 5.74) is 3.54. The number of carbonyl (C=O) groups excluding carboxylic acids is 1. The van der Waals surface area contributed by atoms with Gasteiger partial charge in [0.25, 0.3) is 5.91 Å². The predicted molar refractivity (Wildman–Crippen MR) is 80.9 cm³/mol. The van der Waals surface area contributed by atoms with Crippen molar-refractivity contribution in [3.8, 4) is 0 Å². The van der Waals surface area contributed by atoms with Gasteiger partial charge in [-0.2, -0.15) is 0 Å². The minimum absolute atomic E-state index is 0.0846. The average molecular weight is 269 g/mol. The smallest absolute Gasteiger partial charge is 0.251 e. The van der Waals surface area contributed by atoms with Gasteiger partial charge in [-0.1, -0.05) is 6.07 Å². The molecular weight excluding hydrogens is 250 g/mol. The Balaban J connectivity index is 1.98. The molecule has 2 aromatic rings. The molecule has 0 aliphatic heterocycles. The predicted octanol–water partition coefficient (Wildman–Crippen LogP) is 2.39. The highest BCUT2D eigenvalue weighted by Crippen LogP contribution is 2.12. The summed E-state index contributed by atoms with van der Waals surface area (Å²) in [5.74, 6) is -0.0846. The lowest BCUT2D eigenvalue weighted by Crippen LogP contribution is -2.23. The number of aryl methyl sites for hydroxylation is 1. The second-order valence-corrected chi connectivity index (χ2v) is 4.89. The molecule has 0 fully saturated rings. The molecule has 1 amide bonds. The first-order valence-electron chi connectivity index (χ1n) is 6.54. The maximum Gasteiger partial charge on any atom is 0.251 e. The number of nitrogens with zero attached hydrogens (tertiary/aromatic N) is 2. The Kier molecular flexibility index (Phi) is 4.35. The van der Waals surface area contributed by atoms with Crippen LogP contribution in [-0.2, 0) is 6.54 Å². The van der Waals surface area contributed by atoms with Gasteiger partial charge in [0.1, 0.15) is 0 Å². The molecule has 1 aromatic carbocycles. The molecular formula is C16H19N3O. The van der Waals surface area contributed by atoms with Crippen molar-refractivity contribution in [1.29, 1.82) is 0 Å². The topological polar surface area (TPSA) is 45.2 Å². The molecule has 1 aromatic heterocycles. The number of carbonyl (C=O) groups is 1. The number of hydrogen-bond acceptors (Lipinski definition) is 3. The van der Waals surface area contributed by atoms with Gasteiger partial charge in [-0.25, -0.2) is 0 Å². The van der Waals surface area contributed by atoms with Crippen LogP contribution >= 0.6 is 0 Å². The highest BCUT2D eigenvalue weighted by atomic mass is 16.1. The third kappa shape index (κ3) is 3.57. The molecule has 0 aliphatic rings. The third-order valence-corrected chi connectivity index (χ3v) is 3.02. The summed E-state index contributed by atoms with van der Waals surface area (Å²) in [7, 11) is 3.94. The van der Waals surface area contributed by atoms with Crippen LogP contribution < -0.4 is 10.2 Å². The van der Waals surface area contributed by atoms with E-state index in [9.17, 15) is 4.79 Å². The highest BCUT2D eigenvalue weighted by molar-refractivity contribution is 5.94. The molecule has 2 rings (SSSR count). The molecule has 1 heterocycles. The van der Waals surface area contributed by atoms with Crippen molar-refractivity contribution in [1.82, 2.24) is 10.3 Å². The second-order valence-electron chi connectivity index (χ2n) is 4.89. The molecule has 4 nitrogen and oxygen atoms in total. The van der Waals surface area contributed by atoms with E-state index in [0.717, 1.165) is 17.1 Å². The van der Waals surface area contributed by atoms with Crippen molar-refractivity contribution in [3.05, 3.63) is 59.4 Å². The Hall–Kier alpha value is -2.36. The molecule has 0 spiro atoms. The Labute approximate surface area is 119 Å². The first-order valence-corrected chi connectivity index (χ1v) is 6.54. The fourth-order valence-electron chi connectivity index (χ4n) is 1.88. The van der Waals surface area contributed by atoms with Gasteiger partial charge >= 0.3 is 0 Å². The van der Waals surface area contributed by atoms with E-state index in [1.807, 2.05) is 68.4 Å². The first kappa shape index (κ1) is 14.1. The molecule has 0 aliphatic carbocycles. The number of nitrogens with one attached hydrogen (secondary N) is 1. The number of anilines is 1. The Bertz CT molecular complexity index is 591. The van der Waals surface area contributed by atoms with Crippen LogP contribution in [0.5, 0.6) is 0 Å². The van der Waals surface area contributed by atoms with Gasteiger partial charge in [-0.15, -0.1) is 0 Å². The van der Waals surface area contributed by atoms with Crippen LogP contribution in [0.4, 0.5) is 5.69 Å². The summed E-state index contributed by atoms with van der Waals surface area (Å²) in [4.78, 5) is 18.4. The van der Waals surface area contributed by atoms with Crippen molar-refractivity contribution in [2.75, 3.05) is 19.0 Å². The number of aromatic nitrogens is 1. The second kappa shape index (κ2) is 6.19. The van der Waals surface area contributed by atoms with Gasteiger partial charge in [0.2, 0.25) is 0 Å². The quantitative estimate of drug-likeness (QED) is 0.927. The van der Waals surface area contributed by atoms with Crippen LogP contribution in [0.25, 0.3) is 0 Å². The van der Waals surface area contributed by atoms with E-state index in [1.165, 1.54) is 0 Å². The Morgan fingerprint density at radius 3 is 2.45 bits per heavy atom. The van der Waals surface area contributed by atoms with E-state index in [2.05, 4.69) is 10.3 Å². The first-order chi connectivity index (χ1) is 9.56. The molecule has 4 heteroatoms. The zero-order chi connectivity index (χ0) is 14.5. The Morgan fingerprint density at radius 2 is 1.85 bits per heavy atom. The van der Waals surface area contributed by atoms with E-state index in [1.54, 1.807) is 0 Å². The molecule has 0 atom stereocenters. The minimum Gasteiger partial charge on any atom is -0.378 e. The number of rotatable bonds is 4. The molecule has 0 saturated carbocycles. The van der Waals surface area contributed by atoms with E-state index in [4.69, 9.17) is 0 Å². The highest BCUT2D eigenvalue weighted by Gasteiger charge is 2.06. The normalized spacial score (nSPS) is 10.2. The lowest BCUT2D eigenvalue weighted by atomic mass is 10.2. The third-order valence-electron chi connectivity index (χ3n) is 3.02. The summed E-state index contributed by atoms with van der Waals surface area (Å²) in [6.45, 7) is 2.38. The molecule has 0 radical (unpaired) electrons. The molecule has 20 heavy (non-hydrogen) atoms. The number of hydrogen-bond donors (Lipinski definition) is 1. The van der Waals surface area contributed by atoms with Crippen LogP contribution in [0, 0.1) is 6.92 Å². The van der Waals surface area contributed by atoms with E-state index < -0.39 is 0 Å². The zero-order valence-electron chi connectivity index (χ0n) is 12.1. The molecule has 1 N–H and O–H groups in total. The van der Waals surface area contributed by atoms with Crippen LogP contribution in [0.15, 0.2) is 42.5 Å². The van der Waals surface area contributed by atoms with Crippen LogP contribution in [-0.4, -0.2) is 25.0 Å². The van der Waals surface area contributed by atoms with Crippen LogP contribution in [0.1, 0.15) is 21.7 Å². The molecule has 0 bridgehead atoms. The van der Waals surface area contributed by atoms with Crippen molar-refractivity contribution >= 4 is 11.6 Å². The summed E-state index contributed by atoms with van der Waals surface area (Å²) in [5, 5.41) is 2.88. The number of amides is 1. The monoisotopic (exact) mass is 269 g/mol. The van der Waals surface area contributed by atoms with Gasteiger partial charge in [-0.05, 0) is 43.3 Å². The fraction of sp³-hybridized carbons (Fsp3) is 0.250. The van der Waals surface area contributed by atoms with E-state index in [0.29, 0.717) is 12.1 Å².